The lowest BCUT2D eigenvalue weighted by molar-refractivity contribution is 0.303. The first kappa shape index (κ1) is 10.0. The van der Waals surface area contributed by atoms with Crippen molar-refractivity contribution >= 4 is 12.4 Å². The van der Waals surface area contributed by atoms with Crippen LogP contribution < -0.4 is 0 Å². The maximum absolute atomic E-state index is 13.3. The van der Waals surface area contributed by atoms with Crippen molar-refractivity contribution in [1.82, 2.24) is 0 Å². The summed E-state index contributed by atoms with van der Waals surface area (Å²) in [5, 5.41) is 0. The monoisotopic (exact) mass is 186 g/mol. The molecule has 0 bridgehead atoms. The lowest BCUT2D eigenvalue weighted by Crippen LogP contribution is -2.22. The summed E-state index contributed by atoms with van der Waals surface area (Å²) in [5.74, 6) is -2.59. The number of nitrogens with zero attached hydrogens (tertiary/aromatic N) is 2. The fraction of sp³-hybridized carbons (Fsp3) is 0.556. The molecule has 1 unspecified atom stereocenters. The molecule has 1 aliphatic heterocycles. The molecule has 2 nitrogen and oxygen atoms in total. The minimum atomic E-state index is -1.91. The van der Waals surface area contributed by atoms with E-state index in [1.807, 2.05) is 0 Å². The van der Waals surface area contributed by atoms with E-state index in [4.69, 9.17) is 0 Å². The maximum atomic E-state index is 13.3. The number of allylic oxidation sites excluding steroid dienone is 1. The first-order chi connectivity index (χ1) is 5.81. The summed E-state index contributed by atoms with van der Waals surface area (Å²) in [6.45, 7) is 4.68. The number of rotatable bonds is 0. The van der Waals surface area contributed by atoms with E-state index in [2.05, 4.69) is 9.98 Å². The van der Waals surface area contributed by atoms with Crippen molar-refractivity contribution in [3.8, 4) is 0 Å². The lowest BCUT2D eigenvalue weighted by Gasteiger charge is -2.18. The van der Waals surface area contributed by atoms with Crippen LogP contribution in [0.2, 0.25) is 0 Å². The summed E-state index contributed by atoms with van der Waals surface area (Å²) in [6, 6.07) is 0. The van der Waals surface area contributed by atoms with Gasteiger partial charge in [0, 0.05) is 11.6 Å². The molecule has 0 saturated carbocycles. The Morgan fingerprint density at radius 1 is 1.23 bits per heavy atom. The second kappa shape index (κ2) is 3.01. The van der Waals surface area contributed by atoms with E-state index in [1.54, 1.807) is 13.8 Å². The zero-order valence-corrected chi connectivity index (χ0v) is 7.88. The van der Waals surface area contributed by atoms with Crippen molar-refractivity contribution in [3.63, 3.8) is 0 Å². The highest BCUT2D eigenvalue weighted by Gasteiger charge is 2.23. The second-order valence-corrected chi connectivity index (χ2v) is 3.83. The number of halogens is 2. The molecular formula is C9H12F2N2. The van der Waals surface area contributed by atoms with Gasteiger partial charge in [-0.2, -0.15) is 4.39 Å². The molecule has 0 amide bonds. The minimum absolute atomic E-state index is 0.602. The van der Waals surface area contributed by atoms with Crippen LogP contribution >= 0.6 is 0 Å². The zero-order chi connectivity index (χ0) is 10.1. The molecule has 0 spiro atoms. The highest BCUT2D eigenvalue weighted by molar-refractivity contribution is 5.76. The van der Waals surface area contributed by atoms with Gasteiger partial charge in [0.1, 0.15) is 0 Å². The maximum Gasteiger partial charge on any atom is 0.232 e. The van der Waals surface area contributed by atoms with Crippen molar-refractivity contribution in [3.05, 3.63) is 12.0 Å². The standard InChI is InChI=1S/C9H12F2N2/c1-8(2)4-7(10)12-6-9(3,11)13-5-8/h4-6H,1-3H3. The largest absolute Gasteiger partial charge is 0.252 e. The third-order valence-electron chi connectivity index (χ3n) is 1.56. The number of aliphatic imine (C=N–C) groups is 2. The molecule has 0 aromatic rings. The molecule has 13 heavy (non-hydrogen) atoms. The summed E-state index contributed by atoms with van der Waals surface area (Å²) < 4.78 is 26.2. The Morgan fingerprint density at radius 3 is 2.46 bits per heavy atom. The average Bonchev–Trinajstić information content (AvgIpc) is 1.96. The normalized spacial score (nSPS) is 32.2. The Kier molecular flexibility index (Phi) is 2.32. The minimum Gasteiger partial charge on any atom is -0.252 e. The molecule has 1 rings (SSSR count). The predicted molar refractivity (Wildman–Crippen MR) is 49.5 cm³/mol. The summed E-state index contributed by atoms with van der Waals surface area (Å²) in [7, 11) is 0. The van der Waals surface area contributed by atoms with Gasteiger partial charge in [-0.25, -0.2) is 9.38 Å². The van der Waals surface area contributed by atoms with Crippen LogP contribution in [0.5, 0.6) is 0 Å². The van der Waals surface area contributed by atoms with Gasteiger partial charge in [0.15, 0.2) is 0 Å². The summed E-state index contributed by atoms with van der Waals surface area (Å²) >= 11 is 0. The number of hydrogen-bond acceptors (Lipinski definition) is 2. The average molecular weight is 186 g/mol. The van der Waals surface area contributed by atoms with Crippen molar-refractivity contribution < 1.29 is 8.78 Å². The van der Waals surface area contributed by atoms with Gasteiger partial charge >= 0.3 is 0 Å². The predicted octanol–water partition coefficient (Wildman–Crippen LogP) is 2.66. The molecule has 0 aliphatic carbocycles. The van der Waals surface area contributed by atoms with Crippen LogP contribution in [0.4, 0.5) is 8.78 Å². The topological polar surface area (TPSA) is 24.7 Å². The van der Waals surface area contributed by atoms with E-state index in [0.717, 1.165) is 6.21 Å². The molecule has 0 fully saturated rings. The highest BCUT2D eigenvalue weighted by Crippen LogP contribution is 2.22. The van der Waals surface area contributed by atoms with Crippen LogP contribution in [0.3, 0.4) is 0 Å². The van der Waals surface area contributed by atoms with Gasteiger partial charge in [-0.1, -0.05) is 13.8 Å². The van der Waals surface area contributed by atoms with E-state index >= 15 is 0 Å². The molecule has 0 saturated heterocycles. The Balaban J connectivity index is 3.10. The molecule has 72 valence electrons. The molecular weight excluding hydrogens is 174 g/mol. The second-order valence-electron chi connectivity index (χ2n) is 3.83. The van der Waals surface area contributed by atoms with Crippen LogP contribution in [0.25, 0.3) is 0 Å². The molecule has 0 aromatic heterocycles. The van der Waals surface area contributed by atoms with Crippen molar-refractivity contribution in [2.24, 2.45) is 15.4 Å². The Morgan fingerprint density at radius 2 is 1.85 bits per heavy atom. The number of hydrogen-bond donors (Lipinski definition) is 0. The lowest BCUT2D eigenvalue weighted by atomic mass is 9.95. The molecule has 0 aromatic carbocycles. The molecule has 0 radical (unpaired) electrons. The van der Waals surface area contributed by atoms with Crippen molar-refractivity contribution in [2.75, 3.05) is 0 Å². The first-order valence-corrected chi connectivity index (χ1v) is 4.00. The fourth-order valence-electron chi connectivity index (χ4n) is 0.887. The van der Waals surface area contributed by atoms with Gasteiger partial charge in [-0.3, -0.25) is 4.99 Å². The molecule has 1 heterocycles. The van der Waals surface area contributed by atoms with Crippen LogP contribution in [-0.2, 0) is 0 Å². The van der Waals surface area contributed by atoms with Gasteiger partial charge in [0.05, 0.1) is 6.21 Å². The molecule has 1 atom stereocenters. The summed E-state index contributed by atoms with van der Waals surface area (Å²) in [5.41, 5.74) is -0.602. The Labute approximate surface area is 76.1 Å². The quantitative estimate of drug-likeness (QED) is 0.519. The number of alkyl halides is 1. The molecule has 0 N–H and O–H groups in total. The van der Waals surface area contributed by atoms with E-state index in [0.29, 0.717) is 0 Å². The summed E-state index contributed by atoms with van der Waals surface area (Å²) in [4.78, 5) is 6.96. The van der Waals surface area contributed by atoms with Crippen LogP contribution in [0.1, 0.15) is 20.8 Å². The van der Waals surface area contributed by atoms with E-state index < -0.39 is 17.2 Å². The Hall–Kier alpha value is -1.06. The van der Waals surface area contributed by atoms with Crippen molar-refractivity contribution in [1.29, 1.82) is 0 Å². The molecule has 4 heteroatoms. The van der Waals surface area contributed by atoms with E-state index in [9.17, 15) is 8.78 Å². The van der Waals surface area contributed by atoms with Gasteiger partial charge in [-0.15, -0.1) is 0 Å². The SMILES string of the molecule is CC1(C)C=NC(C)(F)C=NC(F)=C1. The zero-order valence-electron chi connectivity index (χ0n) is 7.88. The van der Waals surface area contributed by atoms with Gasteiger partial charge < -0.3 is 0 Å². The van der Waals surface area contributed by atoms with Gasteiger partial charge in [0.2, 0.25) is 11.7 Å². The first-order valence-electron chi connectivity index (χ1n) is 4.00. The van der Waals surface area contributed by atoms with Gasteiger partial charge in [0.25, 0.3) is 0 Å². The smallest absolute Gasteiger partial charge is 0.232 e. The van der Waals surface area contributed by atoms with Crippen LogP contribution in [0.15, 0.2) is 22.0 Å². The van der Waals surface area contributed by atoms with Crippen LogP contribution in [-0.4, -0.2) is 18.2 Å². The van der Waals surface area contributed by atoms with E-state index in [-0.39, 0.29) is 0 Å². The van der Waals surface area contributed by atoms with E-state index in [1.165, 1.54) is 19.2 Å². The van der Waals surface area contributed by atoms with Crippen molar-refractivity contribution in [2.45, 2.75) is 26.6 Å². The van der Waals surface area contributed by atoms with Gasteiger partial charge in [-0.05, 0) is 13.0 Å². The van der Waals surface area contributed by atoms with Crippen LogP contribution in [0, 0.1) is 5.41 Å². The third kappa shape index (κ3) is 3.05. The Bertz CT molecular complexity index is 288. The highest BCUT2D eigenvalue weighted by atomic mass is 19.1. The fourth-order valence-corrected chi connectivity index (χ4v) is 0.887. The molecule has 1 aliphatic rings. The summed E-state index contributed by atoms with van der Waals surface area (Å²) in [6.07, 6.45) is 3.53. The third-order valence-corrected chi connectivity index (χ3v) is 1.56.